The van der Waals surface area contributed by atoms with E-state index < -0.39 is 17.8 Å². The first kappa shape index (κ1) is 34.7. The number of unbranched alkanes of at least 4 members (excludes halogenated alkanes) is 10. The molecule has 2 rings (SSSR count). The van der Waals surface area contributed by atoms with Gasteiger partial charge in [-0.3, -0.25) is 4.79 Å². The number of carbonyl (C=O) groups is 1. The molecule has 0 amide bonds. The van der Waals surface area contributed by atoms with Gasteiger partial charge < -0.3 is 24.7 Å². The van der Waals surface area contributed by atoms with Crippen LogP contribution in [-0.4, -0.2) is 43.2 Å². The number of benzene rings is 1. The zero-order chi connectivity index (χ0) is 29.2. The van der Waals surface area contributed by atoms with Crippen molar-refractivity contribution in [3.05, 3.63) is 35.9 Å². The molecule has 6 heteroatoms. The summed E-state index contributed by atoms with van der Waals surface area (Å²) in [6, 6.07) is 9.08. The van der Waals surface area contributed by atoms with Crippen LogP contribution in [0, 0.1) is 11.8 Å². The molecule has 1 aliphatic rings. The van der Waals surface area contributed by atoms with Gasteiger partial charge in [0.15, 0.2) is 5.79 Å². The fraction of sp³-hybridized carbons (Fsp3) is 0.794. The Morgan fingerprint density at radius 3 is 2.17 bits per heavy atom. The normalized spacial score (nSPS) is 21.1. The lowest BCUT2D eigenvalue weighted by Gasteiger charge is -2.45. The summed E-state index contributed by atoms with van der Waals surface area (Å²) in [5.41, 5.74) is 7.27. The minimum absolute atomic E-state index is 0.0372. The molecule has 1 heterocycles. The Morgan fingerprint density at radius 1 is 0.975 bits per heavy atom. The van der Waals surface area contributed by atoms with Gasteiger partial charge in [-0.15, -0.1) is 0 Å². The Balaban J connectivity index is 1.86. The van der Waals surface area contributed by atoms with Crippen LogP contribution < -0.4 is 5.73 Å². The minimum atomic E-state index is -0.815. The lowest BCUT2D eigenvalue weighted by atomic mass is 9.84. The predicted molar refractivity (Wildman–Crippen MR) is 163 cm³/mol. The molecule has 1 aromatic carbocycles. The first-order valence-electron chi connectivity index (χ1n) is 16.2. The maximum Gasteiger partial charge on any atom is 0.325 e. The lowest BCUT2D eigenvalue weighted by molar-refractivity contribution is -0.306. The lowest BCUT2D eigenvalue weighted by Crippen LogP contribution is -2.51. The second kappa shape index (κ2) is 19.6. The van der Waals surface area contributed by atoms with Gasteiger partial charge in [0.2, 0.25) is 0 Å². The number of rotatable bonds is 21. The molecule has 230 valence electrons. The molecular weight excluding hydrogens is 502 g/mol. The van der Waals surface area contributed by atoms with Crippen molar-refractivity contribution >= 4 is 5.97 Å². The van der Waals surface area contributed by atoms with E-state index in [0.29, 0.717) is 13.2 Å². The molecular formula is C34H59NO5. The van der Waals surface area contributed by atoms with E-state index >= 15 is 0 Å². The van der Waals surface area contributed by atoms with E-state index in [0.717, 1.165) is 31.2 Å². The molecule has 2 N–H and O–H groups in total. The maximum atomic E-state index is 13.1. The van der Waals surface area contributed by atoms with Crippen LogP contribution in [-0.2, 0) is 30.3 Å². The number of nitrogens with two attached hydrogens (primary N) is 1. The van der Waals surface area contributed by atoms with Crippen molar-refractivity contribution in [2.45, 2.75) is 149 Å². The molecule has 1 aromatic rings. The van der Waals surface area contributed by atoms with Crippen molar-refractivity contribution in [2.24, 2.45) is 17.6 Å². The highest BCUT2D eigenvalue weighted by molar-refractivity contribution is 5.75. The molecule has 1 fully saturated rings. The van der Waals surface area contributed by atoms with Crippen LogP contribution in [0.4, 0.5) is 0 Å². The number of hydrogen-bond acceptors (Lipinski definition) is 6. The molecule has 5 atom stereocenters. The predicted octanol–water partition coefficient (Wildman–Crippen LogP) is 7.96. The summed E-state index contributed by atoms with van der Waals surface area (Å²) < 4.78 is 24.2. The van der Waals surface area contributed by atoms with Gasteiger partial charge >= 0.3 is 5.97 Å². The quantitative estimate of drug-likeness (QED) is 0.121. The largest absolute Gasteiger partial charge is 0.461 e. The third-order valence-electron chi connectivity index (χ3n) is 8.23. The third-order valence-corrected chi connectivity index (χ3v) is 8.23. The van der Waals surface area contributed by atoms with E-state index in [1.54, 1.807) is 0 Å². The van der Waals surface area contributed by atoms with Crippen LogP contribution in [0.1, 0.15) is 124 Å². The Hall–Kier alpha value is -1.47. The first-order chi connectivity index (χ1) is 19.3. The summed E-state index contributed by atoms with van der Waals surface area (Å²) in [7, 11) is 0. The highest BCUT2D eigenvalue weighted by Gasteiger charge is 2.42. The smallest absolute Gasteiger partial charge is 0.325 e. The SMILES string of the molecule is CCCCCCCCCCCCC[C@@H](OC(=O)[C@@H](N)COCc1ccccc1)[C@H](C)[C@H]1OC(C)(C)OC[C@@H]1CC. The van der Waals surface area contributed by atoms with Crippen molar-refractivity contribution in [1.29, 1.82) is 0 Å². The van der Waals surface area contributed by atoms with E-state index in [-0.39, 0.29) is 30.7 Å². The van der Waals surface area contributed by atoms with Crippen molar-refractivity contribution in [3.8, 4) is 0 Å². The summed E-state index contributed by atoms with van der Waals surface area (Å²) in [6.45, 7) is 11.7. The molecule has 6 nitrogen and oxygen atoms in total. The van der Waals surface area contributed by atoms with E-state index in [1.165, 1.54) is 57.8 Å². The van der Waals surface area contributed by atoms with Crippen molar-refractivity contribution in [2.75, 3.05) is 13.2 Å². The summed E-state index contributed by atoms with van der Waals surface area (Å²) in [6.07, 6.45) is 15.6. The molecule has 0 saturated carbocycles. The number of esters is 1. The van der Waals surface area contributed by atoms with E-state index in [2.05, 4.69) is 20.8 Å². The molecule has 0 aromatic heterocycles. The molecule has 0 unspecified atom stereocenters. The summed E-state index contributed by atoms with van der Waals surface area (Å²) in [5.74, 6) is -0.730. The Morgan fingerprint density at radius 2 is 1.57 bits per heavy atom. The van der Waals surface area contributed by atoms with Gasteiger partial charge in [-0.25, -0.2) is 0 Å². The molecule has 0 bridgehead atoms. The van der Waals surface area contributed by atoms with Crippen LogP contribution in [0.15, 0.2) is 30.3 Å². The molecule has 0 spiro atoms. The fourth-order valence-electron chi connectivity index (χ4n) is 5.58. The maximum absolute atomic E-state index is 13.1. The zero-order valence-corrected chi connectivity index (χ0v) is 26.2. The van der Waals surface area contributed by atoms with Crippen LogP contribution in [0.5, 0.6) is 0 Å². The van der Waals surface area contributed by atoms with Crippen molar-refractivity contribution < 1.29 is 23.7 Å². The van der Waals surface area contributed by atoms with E-state index in [1.807, 2.05) is 44.2 Å². The molecule has 0 aliphatic carbocycles. The fourth-order valence-corrected chi connectivity index (χ4v) is 5.58. The Kier molecular flexibility index (Phi) is 17.0. The van der Waals surface area contributed by atoms with E-state index in [9.17, 15) is 4.79 Å². The summed E-state index contributed by atoms with van der Waals surface area (Å²) in [4.78, 5) is 13.1. The number of hydrogen-bond donors (Lipinski definition) is 1. The third kappa shape index (κ3) is 13.5. The van der Waals surface area contributed by atoms with Crippen molar-refractivity contribution in [3.63, 3.8) is 0 Å². The summed E-state index contributed by atoms with van der Waals surface area (Å²) >= 11 is 0. The van der Waals surface area contributed by atoms with Gasteiger partial charge in [-0.1, -0.05) is 115 Å². The number of ether oxygens (including phenoxy) is 4. The minimum Gasteiger partial charge on any atom is -0.461 e. The van der Waals surface area contributed by atoms with E-state index in [4.69, 9.17) is 24.7 Å². The van der Waals surface area contributed by atoms with Crippen LogP contribution in [0.3, 0.4) is 0 Å². The van der Waals surface area contributed by atoms with Gasteiger partial charge in [0.05, 0.1) is 25.9 Å². The monoisotopic (exact) mass is 561 g/mol. The molecule has 1 saturated heterocycles. The number of carbonyl (C=O) groups excluding carboxylic acids is 1. The molecule has 0 radical (unpaired) electrons. The van der Waals surface area contributed by atoms with Gasteiger partial charge in [-0.05, 0) is 38.7 Å². The van der Waals surface area contributed by atoms with Crippen LogP contribution in [0.25, 0.3) is 0 Å². The Bertz CT molecular complexity index is 786. The molecule has 40 heavy (non-hydrogen) atoms. The first-order valence-corrected chi connectivity index (χ1v) is 16.2. The van der Waals surface area contributed by atoms with Gasteiger partial charge in [0.1, 0.15) is 12.1 Å². The average Bonchev–Trinajstić information content (AvgIpc) is 2.94. The zero-order valence-electron chi connectivity index (χ0n) is 26.2. The Labute approximate surface area is 245 Å². The second-order valence-corrected chi connectivity index (χ2v) is 12.2. The van der Waals surface area contributed by atoms with Crippen molar-refractivity contribution in [1.82, 2.24) is 0 Å². The van der Waals surface area contributed by atoms with Crippen LogP contribution >= 0.6 is 0 Å². The standard InChI is InChI=1S/C34H59NO5/c1-6-8-9-10-11-12-13-14-15-16-20-23-31(27(3)32-29(7-2)25-38-34(4,5)40-32)39-33(36)30(35)26-37-24-28-21-18-17-19-22-28/h17-19,21-22,27,29-32H,6-16,20,23-26,35H2,1-5H3/t27-,29-,30-,31+,32+/m0/s1. The van der Waals surface area contributed by atoms with Crippen LogP contribution in [0.2, 0.25) is 0 Å². The highest BCUT2D eigenvalue weighted by Crippen LogP contribution is 2.35. The molecule has 1 aliphatic heterocycles. The topological polar surface area (TPSA) is 80.0 Å². The van der Waals surface area contributed by atoms with Gasteiger partial charge in [0.25, 0.3) is 0 Å². The second-order valence-electron chi connectivity index (χ2n) is 12.2. The highest BCUT2D eigenvalue weighted by atomic mass is 16.7. The van der Waals surface area contributed by atoms with Gasteiger partial charge in [0, 0.05) is 11.8 Å². The van der Waals surface area contributed by atoms with Gasteiger partial charge in [-0.2, -0.15) is 0 Å². The summed E-state index contributed by atoms with van der Waals surface area (Å²) in [5, 5.41) is 0. The average molecular weight is 562 g/mol.